The Morgan fingerprint density at radius 3 is 1.96 bits per heavy atom. The lowest BCUT2D eigenvalue weighted by Crippen LogP contribution is -2.64. The molecule has 4 rings (SSSR count). The summed E-state index contributed by atoms with van der Waals surface area (Å²) in [5, 5.41) is 33.1. The molecule has 0 aromatic carbocycles. The highest BCUT2D eigenvalue weighted by molar-refractivity contribution is 6.74. The van der Waals surface area contributed by atoms with Crippen LogP contribution in [-0.4, -0.2) is 155 Å². The van der Waals surface area contributed by atoms with Crippen molar-refractivity contribution in [2.24, 2.45) is 29.6 Å². The van der Waals surface area contributed by atoms with Crippen molar-refractivity contribution in [2.45, 2.75) is 244 Å². The number of carbonyl (C=O) groups is 4. The molecule has 1 amide bonds. The van der Waals surface area contributed by atoms with Gasteiger partial charge in [-0.2, -0.15) is 0 Å². The molecule has 3 aliphatic heterocycles. The van der Waals surface area contributed by atoms with E-state index in [0.717, 1.165) is 24.0 Å². The van der Waals surface area contributed by atoms with E-state index in [-0.39, 0.29) is 72.1 Å². The van der Waals surface area contributed by atoms with Crippen LogP contribution in [0.15, 0.2) is 23.3 Å². The first-order chi connectivity index (χ1) is 33.7. The van der Waals surface area contributed by atoms with Gasteiger partial charge in [-0.05, 0) is 132 Å². The fourth-order valence-electron chi connectivity index (χ4n) is 11.0. The van der Waals surface area contributed by atoms with Gasteiger partial charge in [0.2, 0.25) is 5.79 Å². The van der Waals surface area contributed by atoms with Gasteiger partial charge >= 0.3 is 5.97 Å². The van der Waals surface area contributed by atoms with Gasteiger partial charge in [0.05, 0.1) is 43.2 Å². The van der Waals surface area contributed by atoms with Crippen molar-refractivity contribution in [2.75, 3.05) is 34.5 Å². The smallest absolute Gasteiger partial charge is 0.329 e. The van der Waals surface area contributed by atoms with Crippen LogP contribution in [0, 0.1) is 29.6 Å². The van der Waals surface area contributed by atoms with E-state index >= 15 is 9.59 Å². The molecular formula is C56H99NO14Si2. The highest BCUT2D eigenvalue weighted by atomic mass is 28.4. The average molecular weight is 1070 g/mol. The van der Waals surface area contributed by atoms with Crippen molar-refractivity contribution in [3.05, 3.63) is 23.3 Å². The van der Waals surface area contributed by atoms with E-state index in [4.69, 9.17) is 32.5 Å². The number of piperidine rings is 1. The lowest BCUT2D eigenvalue weighted by Gasteiger charge is -2.47. The molecule has 17 heteroatoms. The van der Waals surface area contributed by atoms with E-state index < -0.39 is 107 Å². The molecule has 0 spiro atoms. The number of hydrogen-bond acceptors (Lipinski definition) is 14. The number of cyclic esters (lactones) is 1. The number of esters is 1. The molecule has 2 bridgehead atoms. The molecule has 15 nitrogen and oxygen atoms in total. The number of ketones is 2. The molecular weight excluding hydrogens is 967 g/mol. The predicted octanol–water partition coefficient (Wildman–Crippen LogP) is 8.87. The summed E-state index contributed by atoms with van der Waals surface area (Å²) in [6, 6.07) is -1.15. The van der Waals surface area contributed by atoms with Gasteiger partial charge in [-0.1, -0.05) is 80.0 Å². The monoisotopic (exact) mass is 1070 g/mol. The number of hydrogen-bond donors (Lipinski definition) is 3. The minimum Gasteiger partial charge on any atom is -0.456 e. The zero-order chi connectivity index (χ0) is 55.2. The van der Waals surface area contributed by atoms with Gasteiger partial charge in [0.15, 0.2) is 16.6 Å². The topological polar surface area (TPSA) is 197 Å². The van der Waals surface area contributed by atoms with Crippen LogP contribution in [-0.2, 0) is 51.7 Å². The Morgan fingerprint density at radius 1 is 0.822 bits per heavy atom. The number of aliphatic hydroxyl groups is 3. The number of allylic oxidation sites excluding steroid dienone is 3. The molecule has 1 saturated carbocycles. The molecule has 1 unspecified atom stereocenters. The molecule has 2 saturated heterocycles. The Bertz CT molecular complexity index is 1930. The maximum absolute atomic E-state index is 15.1. The SMILES string of the molecule is CO[C@H]1C[C@@H](C)C/C(C)=C/[C@@H](CC(O)CO)C(=O)C[C@H](O[Si](C)(C)C(C)(C)C)[C@@H](C)[C@@H](/C(C)=C/[C@@H]2CC[C@@H](O[Si](C)(C)C(C)(C)C)[C@@H](OC)C2)OC(=O)[C@@H]2CCCCN2C(=O)C(=O)[C@]2(O)O[C@H]1[C@H](OC)C[C@H]2C. The summed E-state index contributed by atoms with van der Waals surface area (Å²) in [5.74, 6) is -7.90. The number of aliphatic hydroxyl groups excluding tert-OH is 2. The average Bonchev–Trinajstić information content (AvgIpc) is 3.31. The number of nitrogens with zero attached hydrogens (tertiary/aromatic N) is 1. The fraction of sp³-hybridized carbons (Fsp3) is 0.857. The predicted molar refractivity (Wildman–Crippen MR) is 288 cm³/mol. The number of Topliss-reactive ketones (excluding diaryl/α,β-unsaturated/α-hetero) is 2. The number of amides is 1. The van der Waals surface area contributed by atoms with Crippen LogP contribution >= 0.6 is 0 Å². The first kappa shape index (κ1) is 63.4. The van der Waals surface area contributed by atoms with Crippen LogP contribution in [0.2, 0.25) is 36.3 Å². The van der Waals surface area contributed by atoms with Crippen LogP contribution in [0.25, 0.3) is 0 Å². The molecule has 420 valence electrons. The molecule has 1 aliphatic carbocycles. The fourth-order valence-corrected chi connectivity index (χ4v) is 13.8. The minimum absolute atomic E-state index is 0.00939. The lowest BCUT2D eigenvalue weighted by molar-refractivity contribution is -0.302. The van der Waals surface area contributed by atoms with Gasteiger partial charge in [-0.15, -0.1) is 0 Å². The maximum Gasteiger partial charge on any atom is 0.329 e. The van der Waals surface area contributed by atoms with Gasteiger partial charge in [0, 0.05) is 52.0 Å². The van der Waals surface area contributed by atoms with Gasteiger partial charge in [0.1, 0.15) is 24.0 Å². The summed E-state index contributed by atoms with van der Waals surface area (Å²) in [6.07, 6.45) is 3.38. The van der Waals surface area contributed by atoms with Crippen molar-refractivity contribution in [3.8, 4) is 0 Å². The summed E-state index contributed by atoms with van der Waals surface area (Å²) in [4.78, 5) is 60.6. The summed E-state index contributed by atoms with van der Waals surface area (Å²) < 4.78 is 45.3. The zero-order valence-corrected chi connectivity index (χ0v) is 50.2. The van der Waals surface area contributed by atoms with E-state index in [2.05, 4.69) is 73.8 Å². The Labute approximate surface area is 441 Å². The standard InChI is InChI=1S/C56H99NO14Si2/c1-34-25-35(2)27-47(66-13)50-48(67-14)29-37(4)56(64,69-50)51(61)52(62)57-24-20-19-21-42(57)53(63)68-49(36(3)28-39-22-23-44(46(30-39)65-12)70-72(15,16)54(6,7)8)38(5)45(71-73(17,18)55(9,10)11)32-43(60)40(26-34)31-41(59)33-58/h26,28,35,37-42,44-50,58-59,64H,19-25,27,29-33H2,1-18H3/b34-26+,36-28+/t35-,37+,38+,39-,40-,41?,42-,44+,45-,46-,47-,48+,49+,50+,56+/m0/s1. The second-order valence-corrected chi connectivity index (χ2v) is 35.0. The van der Waals surface area contributed by atoms with E-state index in [1.807, 2.05) is 33.8 Å². The van der Waals surface area contributed by atoms with Gasteiger partial charge in [-0.25, -0.2) is 4.79 Å². The Kier molecular flexibility index (Phi) is 22.6. The van der Waals surface area contributed by atoms with Crippen LogP contribution in [0.5, 0.6) is 0 Å². The van der Waals surface area contributed by atoms with Crippen molar-refractivity contribution in [1.82, 2.24) is 4.90 Å². The second kappa shape index (κ2) is 26.0. The highest BCUT2D eigenvalue weighted by Crippen LogP contribution is 2.44. The Hall–Kier alpha value is -2.17. The summed E-state index contributed by atoms with van der Waals surface area (Å²) in [6.45, 7) is 30.9. The van der Waals surface area contributed by atoms with Crippen LogP contribution in [0.1, 0.15) is 147 Å². The zero-order valence-electron chi connectivity index (χ0n) is 48.2. The van der Waals surface area contributed by atoms with Crippen molar-refractivity contribution in [1.29, 1.82) is 0 Å². The normalized spacial score (nSPS) is 36.1. The Morgan fingerprint density at radius 2 is 1.40 bits per heavy atom. The van der Waals surface area contributed by atoms with E-state index in [1.165, 1.54) is 19.1 Å². The van der Waals surface area contributed by atoms with Crippen molar-refractivity contribution < 1.29 is 67.0 Å². The van der Waals surface area contributed by atoms with Gasteiger partial charge in [0.25, 0.3) is 11.7 Å². The first-order valence-electron chi connectivity index (χ1n) is 27.3. The van der Waals surface area contributed by atoms with E-state index in [0.29, 0.717) is 32.1 Å². The molecule has 73 heavy (non-hydrogen) atoms. The third kappa shape index (κ3) is 15.8. The molecule has 3 N–H and O–H groups in total. The third-order valence-corrected chi connectivity index (χ3v) is 26.6. The largest absolute Gasteiger partial charge is 0.456 e. The van der Waals surface area contributed by atoms with E-state index in [9.17, 15) is 24.9 Å². The number of methoxy groups -OCH3 is 3. The number of rotatable bonds is 12. The van der Waals surface area contributed by atoms with Crippen LogP contribution in [0.4, 0.5) is 0 Å². The molecule has 4 aliphatic rings. The number of fused-ring (bicyclic) bond motifs is 3. The molecule has 3 heterocycles. The van der Waals surface area contributed by atoms with E-state index in [1.54, 1.807) is 14.0 Å². The maximum atomic E-state index is 15.1. The van der Waals surface area contributed by atoms with Gasteiger partial charge < -0.3 is 52.8 Å². The van der Waals surface area contributed by atoms with Crippen LogP contribution < -0.4 is 0 Å². The third-order valence-electron chi connectivity index (χ3n) is 17.6. The minimum atomic E-state index is -2.65. The first-order valence-corrected chi connectivity index (χ1v) is 33.1. The number of carbonyl (C=O) groups excluding carboxylic acids is 4. The molecule has 15 atom stereocenters. The summed E-state index contributed by atoms with van der Waals surface area (Å²) in [7, 11) is 0.00811. The number of ether oxygens (including phenoxy) is 5. The molecule has 0 radical (unpaired) electrons. The Balaban J connectivity index is 1.91. The summed E-state index contributed by atoms with van der Waals surface area (Å²) >= 11 is 0. The van der Waals surface area contributed by atoms with Gasteiger partial charge in [-0.3, -0.25) is 14.4 Å². The van der Waals surface area contributed by atoms with Crippen LogP contribution in [0.3, 0.4) is 0 Å². The lowest BCUT2D eigenvalue weighted by atomic mass is 9.81. The summed E-state index contributed by atoms with van der Waals surface area (Å²) in [5.41, 5.74) is 1.64. The molecule has 3 fully saturated rings. The quantitative estimate of drug-likeness (QED) is 0.0725. The molecule has 0 aromatic rings. The second-order valence-electron chi connectivity index (χ2n) is 25.5. The highest BCUT2D eigenvalue weighted by Gasteiger charge is 2.57. The van der Waals surface area contributed by atoms with Crippen molar-refractivity contribution >= 4 is 40.1 Å². The molecule has 0 aromatic heterocycles. The van der Waals surface area contributed by atoms with Crippen molar-refractivity contribution in [3.63, 3.8) is 0 Å².